The highest BCUT2D eigenvalue weighted by Crippen LogP contribution is 2.36. The Hall–Kier alpha value is -2.86. The second kappa shape index (κ2) is 11.5. The molecule has 0 saturated heterocycles. The summed E-state index contributed by atoms with van der Waals surface area (Å²) in [6, 6.07) is 0. The van der Waals surface area contributed by atoms with Crippen molar-refractivity contribution in [1.29, 1.82) is 0 Å². The van der Waals surface area contributed by atoms with Crippen molar-refractivity contribution in [3.63, 3.8) is 0 Å². The normalized spacial score (nSPS) is 18.5. The number of halogens is 1. The van der Waals surface area contributed by atoms with Gasteiger partial charge in [0, 0.05) is 11.5 Å². The van der Waals surface area contributed by atoms with E-state index in [4.69, 9.17) is 4.74 Å². The lowest BCUT2D eigenvalue weighted by Gasteiger charge is -2.48. The zero-order valence-electron chi connectivity index (χ0n) is 18.7. The molecule has 0 aliphatic carbocycles. The average molecular weight is 449 g/mol. The molecule has 0 N–H and O–H groups in total. The minimum Gasteiger partial charge on any atom is -0.465 e. The zero-order valence-corrected chi connectivity index (χ0v) is 19.8. The fraction of sp³-hybridized carbons (Fsp3) is 0.364. The van der Waals surface area contributed by atoms with Crippen LogP contribution in [0.25, 0.3) is 0 Å². The molecule has 0 saturated carbocycles. The van der Waals surface area contributed by atoms with E-state index in [9.17, 15) is 18.9 Å². The predicted molar refractivity (Wildman–Crippen MR) is 123 cm³/mol. The molecule has 1 rings (SSSR count). The van der Waals surface area contributed by atoms with Crippen LogP contribution in [0.4, 0.5) is 4.39 Å². The standard InChI is InChI=1S/C22H29FN3O4P/c1-7-8-9-13-26-22(4,5)19(24-29)18(21(28)30-6)20(27)25(26)14-15(2)11-10-12-17(31)16(3)23/h7-13H,14,31H2,1-6H3/b8-7-,12-10-,13-9+,15-11+,17-16-. The first kappa shape index (κ1) is 26.2. The van der Waals surface area contributed by atoms with Crippen LogP contribution in [0, 0.1) is 4.91 Å². The molecule has 0 spiro atoms. The van der Waals surface area contributed by atoms with Crippen LogP contribution < -0.4 is 0 Å². The average Bonchev–Trinajstić information content (AvgIpc) is 2.71. The summed E-state index contributed by atoms with van der Waals surface area (Å²) in [7, 11) is 3.44. The van der Waals surface area contributed by atoms with Gasteiger partial charge in [-0.3, -0.25) is 9.80 Å². The molecule has 1 amide bonds. The van der Waals surface area contributed by atoms with Crippen molar-refractivity contribution in [2.75, 3.05) is 13.7 Å². The van der Waals surface area contributed by atoms with Gasteiger partial charge >= 0.3 is 5.97 Å². The SMILES string of the molecule is C/C=C\C=C\N1N(C/C(C)=C/C=C\C(P)=C(/C)F)C(=O)C(C(=O)OC)=C(N=O)C1(C)C. The first-order valence-electron chi connectivity index (χ1n) is 9.55. The van der Waals surface area contributed by atoms with Crippen molar-refractivity contribution in [3.8, 4) is 0 Å². The summed E-state index contributed by atoms with van der Waals surface area (Å²) in [5.41, 5.74) is -0.951. The summed E-state index contributed by atoms with van der Waals surface area (Å²) in [6.45, 7) is 8.47. The van der Waals surface area contributed by atoms with Crippen molar-refractivity contribution in [3.05, 3.63) is 75.5 Å². The first-order chi connectivity index (χ1) is 14.5. The molecular formula is C22H29FN3O4P. The van der Waals surface area contributed by atoms with Gasteiger partial charge in [-0.1, -0.05) is 36.0 Å². The Morgan fingerprint density at radius 3 is 2.42 bits per heavy atom. The van der Waals surface area contributed by atoms with Crippen LogP contribution >= 0.6 is 9.24 Å². The minimum atomic E-state index is -1.10. The number of hydrazine groups is 1. The van der Waals surface area contributed by atoms with Crippen molar-refractivity contribution in [2.24, 2.45) is 5.18 Å². The highest BCUT2D eigenvalue weighted by molar-refractivity contribution is 7.23. The number of methoxy groups -OCH3 is 1. The van der Waals surface area contributed by atoms with Crippen LogP contribution in [0.5, 0.6) is 0 Å². The van der Waals surface area contributed by atoms with E-state index < -0.39 is 23.0 Å². The summed E-state index contributed by atoms with van der Waals surface area (Å²) in [5.74, 6) is -1.94. The van der Waals surface area contributed by atoms with Gasteiger partial charge in [0.1, 0.15) is 17.1 Å². The largest absolute Gasteiger partial charge is 0.465 e. The lowest BCUT2D eigenvalue weighted by molar-refractivity contribution is -0.153. The predicted octanol–water partition coefficient (Wildman–Crippen LogP) is 4.69. The van der Waals surface area contributed by atoms with Crippen LogP contribution in [0.1, 0.15) is 34.6 Å². The number of hydrogen-bond donors (Lipinski definition) is 0. The van der Waals surface area contributed by atoms with E-state index in [0.717, 1.165) is 12.7 Å². The van der Waals surface area contributed by atoms with E-state index in [1.807, 2.05) is 13.0 Å². The van der Waals surface area contributed by atoms with Gasteiger partial charge in [0.2, 0.25) is 0 Å². The second-order valence-electron chi connectivity index (χ2n) is 7.30. The summed E-state index contributed by atoms with van der Waals surface area (Å²) in [6.07, 6.45) is 11.9. The van der Waals surface area contributed by atoms with Gasteiger partial charge in [-0.2, -0.15) is 0 Å². The third-order valence-electron chi connectivity index (χ3n) is 4.56. The maximum Gasteiger partial charge on any atom is 0.345 e. The van der Waals surface area contributed by atoms with Crippen molar-refractivity contribution in [1.82, 2.24) is 10.0 Å². The third kappa shape index (κ3) is 6.31. The number of carbonyl (C=O) groups is 2. The topological polar surface area (TPSA) is 79.3 Å². The Morgan fingerprint density at radius 2 is 1.90 bits per heavy atom. The molecule has 0 fully saturated rings. The van der Waals surface area contributed by atoms with Crippen molar-refractivity contribution in [2.45, 2.75) is 40.2 Å². The number of nitrogens with zero attached hydrogens (tertiary/aromatic N) is 3. The zero-order chi connectivity index (χ0) is 23.8. The van der Waals surface area contributed by atoms with Crippen LogP contribution in [0.3, 0.4) is 0 Å². The van der Waals surface area contributed by atoms with E-state index in [0.29, 0.717) is 5.31 Å². The maximum atomic E-state index is 13.2. The summed E-state index contributed by atoms with van der Waals surface area (Å²) in [4.78, 5) is 37.1. The van der Waals surface area contributed by atoms with Gasteiger partial charge in [-0.05, 0) is 45.9 Å². The van der Waals surface area contributed by atoms with Gasteiger partial charge in [-0.15, -0.1) is 14.1 Å². The molecule has 0 aromatic heterocycles. The van der Waals surface area contributed by atoms with Crippen LogP contribution in [-0.4, -0.2) is 41.1 Å². The molecule has 0 radical (unpaired) electrons. The summed E-state index contributed by atoms with van der Waals surface area (Å²) < 4.78 is 17.9. The molecule has 31 heavy (non-hydrogen) atoms. The first-order valence-corrected chi connectivity index (χ1v) is 10.1. The van der Waals surface area contributed by atoms with E-state index in [1.54, 1.807) is 62.4 Å². The molecular weight excluding hydrogens is 420 g/mol. The fourth-order valence-electron chi connectivity index (χ4n) is 2.86. The number of rotatable bonds is 8. The molecule has 1 atom stereocenters. The second-order valence-corrected chi connectivity index (χ2v) is 7.92. The molecule has 1 aliphatic rings. The maximum absolute atomic E-state index is 13.2. The van der Waals surface area contributed by atoms with Crippen molar-refractivity contribution < 1.29 is 18.7 Å². The number of hydrogen-bond acceptors (Lipinski definition) is 6. The number of allylic oxidation sites excluding steroid dienone is 8. The smallest absolute Gasteiger partial charge is 0.345 e. The summed E-state index contributed by atoms with van der Waals surface area (Å²) >= 11 is 0. The molecule has 1 aliphatic heterocycles. The van der Waals surface area contributed by atoms with Crippen molar-refractivity contribution >= 4 is 21.1 Å². The molecule has 168 valence electrons. The molecule has 1 unspecified atom stereocenters. The number of ether oxygens (including phenoxy) is 1. The van der Waals surface area contributed by atoms with Crippen LogP contribution in [-0.2, 0) is 14.3 Å². The molecule has 9 heteroatoms. The fourth-order valence-corrected chi connectivity index (χ4v) is 2.98. The number of carbonyl (C=O) groups excluding carboxylic acids is 2. The van der Waals surface area contributed by atoms with Crippen LogP contribution in [0.15, 0.2) is 75.8 Å². The highest BCUT2D eigenvalue weighted by atomic mass is 31.0. The lowest BCUT2D eigenvalue weighted by Crippen LogP contribution is -2.60. The highest BCUT2D eigenvalue weighted by Gasteiger charge is 2.47. The van der Waals surface area contributed by atoms with E-state index >= 15 is 0 Å². The number of esters is 1. The van der Waals surface area contributed by atoms with Gasteiger partial charge in [0.15, 0.2) is 5.57 Å². The Morgan fingerprint density at radius 1 is 1.26 bits per heavy atom. The van der Waals surface area contributed by atoms with Gasteiger partial charge in [0.25, 0.3) is 5.91 Å². The monoisotopic (exact) mass is 449 g/mol. The quantitative estimate of drug-likeness (QED) is 0.177. The molecule has 7 nitrogen and oxygen atoms in total. The summed E-state index contributed by atoms with van der Waals surface area (Å²) in [5, 5.41) is 6.32. The molecule has 0 bridgehead atoms. The Labute approximate surface area is 184 Å². The van der Waals surface area contributed by atoms with E-state index in [1.165, 1.54) is 11.9 Å². The Balaban J connectivity index is 3.50. The van der Waals surface area contributed by atoms with Gasteiger partial charge in [0.05, 0.1) is 13.7 Å². The lowest BCUT2D eigenvalue weighted by atomic mass is 9.92. The molecule has 1 heterocycles. The Kier molecular flexibility index (Phi) is 9.72. The van der Waals surface area contributed by atoms with E-state index in [2.05, 4.69) is 14.4 Å². The Bertz CT molecular complexity index is 910. The third-order valence-corrected chi connectivity index (χ3v) is 5.15. The number of nitroso groups, excluding NO2 is 1. The van der Waals surface area contributed by atoms with Crippen LogP contribution in [0.2, 0.25) is 0 Å². The minimum absolute atomic E-state index is 0.115. The van der Waals surface area contributed by atoms with Gasteiger partial charge < -0.3 is 4.74 Å². The molecule has 0 aromatic carbocycles. The molecule has 0 aromatic rings. The number of amides is 1. The van der Waals surface area contributed by atoms with E-state index in [-0.39, 0.29) is 18.1 Å². The van der Waals surface area contributed by atoms with Gasteiger partial charge in [-0.25, -0.2) is 14.2 Å².